The molecule has 0 radical (unpaired) electrons. The largest absolute Gasteiger partial charge is 0.373 e. The number of guanidine groups is 1. The number of hydrogen-bond acceptors (Lipinski definition) is 2. The summed E-state index contributed by atoms with van der Waals surface area (Å²) in [5, 5.41) is 6.62. The number of ether oxygens (including phenoxy) is 1. The van der Waals surface area contributed by atoms with Gasteiger partial charge in [-0.15, -0.1) is 0 Å². The summed E-state index contributed by atoms with van der Waals surface area (Å²) in [7, 11) is 0. The summed E-state index contributed by atoms with van der Waals surface area (Å²) in [6, 6.07) is 17.1. The highest BCUT2D eigenvalue weighted by molar-refractivity contribution is 5.79. The van der Waals surface area contributed by atoms with Crippen LogP contribution in [0.1, 0.15) is 30.6 Å². The number of halogens is 1. The Balaban J connectivity index is 1.61. The molecule has 0 aliphatic carbocycles. The summed E-state index contributed by atoms with van der Waals surface area (Å²) >= 11 is 0. The molecule has 1 heterocycles. The first-order valence-electron chi connectivity index (χ1n) is 9.20. The van der Waals surface area contributed by atoms with Crippen LogP contribution in [-0.2, 0) is 11.3 Å². The molecule has 0 amide bonds. The maximum atomic E-state index is 13.8. The van der Waals surface area contributed by atoms with Crippen LogP contribution in [0.4, 0.5) is 4.39 Å². The van der Waals surface area contributed by atoms with Crippen LogP contribution in [0.2, 0.25) is 0 Å². The van der Waals surface area contributed by atoms with Crippen LogP contribution in [0.15, 0.2) is 59.6 Å². The van der Waals surface area contributed by atoms with Crippen LogP contribution in [0.3, 0.4) is 0 Å². The molecular weight excluding hydrogens is 329 g/mol. The van der Waals surface area contributed by atoms with Gasteiger partial charge in [0.05, 0.1) is 12.6 Å². The summed E-state index contributed by atoms with van der Waals surface area (Å²) in [4.78, 5) is 4.52. The Morgan fingerprint density at radius 2 is 1.88 bits per heavy atom. The predicted octanol–water partition coefficient (Wildman–Crippen LogP) is 3.66. The number of rotatable bonds is 6. The monoisotopic (exact) mass is 355 g/mol. The van der Waals surface area contributed by atoms with E-state index in [9.17, 15) is 4.39 Å². The minimum Gasteiger partial charge on any atom is -0.373 e. The molecule has 0 aromatic heterocycles. The molecule has 0 spiro atoms. The maximum Gasteiger partial charge on any atom is 0.191 e. The molecule has 138 valence electrons. The van der Waals surface area contributed by atoms with Crippen molar-refractivity contribution in [1.29, 1.82) is 0 Å². The molecule has 2 N–H and O–H groups in total. The second-order valence-corrected chi connectivity index (χ2v) is 6.42. The van der Waals surface area contributed by atoms with Crippen molar-refractivity contribution in [3.63, 3.8) is 0 Å². The molecule has 1 fully saturated rings. The molecule has 1 saturated heterocycles. The molecule has 4 nitrogen and oxygen atoms in total. The van der Waals surface area contributed by atoms with Crippen LogP contribution in [0.5, 0.6) is 0 Å². The van der Waals surface area contributed by atoms with Gasteiger partial charge in [0.1, 0.15) is 5.82 Å². The van der Waals surface area contributed by atoms with E-state index in [1.54, 1.807) is 12.1 Å². The number of aliphatic imine (C=N–C) groups is 1. The molecule has 26 heavy (non-hydrogen) atoms. The number of hydrogen-bond donors (Lipinski definition) is 2. The lowest BCUT2D eigenvalue weighted by Crippen LogP contribution is -2.40. The Morgan fingerprint density at radius 3 is 2.65 bits per heavy atom. The van der Waals surface area contributed by atoms with Gasteiger partial charge in [-0.1, -0.05) is 48.5 Å². The molecule has 2 atom stereocenters. The predicted molar refractivity (Wildman–Crippen MR) is 102 cm³/mol. The van der Waals surface area contributed by atoms with Crippen molar-refractivity contribution in [3.8, 4) is 0 Å². The van der Waals surface area contributed by atoms with Gasteiger partial charge in [0.25, 0.3) is 0 Å². The lowest BCUT2D eigenvalue weighted by molar-refractivity contribution is 0.0915. The van der Waals surface area contributed by atoms with Gasteiger partial charge >= 0.3 is 0 Å². The molecule has 2 unspecified atom stereocenters. The first-order valence-corrected chi connectivity index (χ1v) is 9.20. The number of nitrogens with zero attached hydrogens (tertiary/aromatic N) is 1. The summed E-state index contributed by atoms with van der Waals surface area (Å²) in [5.41, 5.74) is 1.81. The number of benzene rings is 2. The average Bonchev–Trinajstić information content (AvgIpc) is 3.14. The van der Waals surface area contributed by atoms with Gasteiger partial charge in [0, 0.05) is 31.2 Å². The summed E-state index contributed by atoms with van der Waals surface area (Å²) < 4.78 is 19.7. The smallest absolute Gasteiger partial charge is 0.191 e. The minimum absolute atomic E-state index is 0.109. The average molecular weight is 355 g/mol. The molecule has 2 aromatic carbocycles. The fourth-order valence-electron chi connectivity index (χ4n) is 3.21. The Morgan fingerprint density at radius 1 is 1.12 bits per heavy atom. The van der Waals surface area contributed by atoms with Gasteiger partial charge in [-0.3, -0.25) is 0 Å². The maximum absolute atomic E-state index is 13.8. The van der Waals surface area contributed by atoms with Crippen molar-refractivity contribution in [2.24, 2.45) is 10.9 Å². The highest BCUT2D eigenvalue weighted by Gasteiger charge is 2.29. The zero-order valence-corrected chi connectivity index (χ0v) is 15.1. The van der Waals surface area contributed by atoms with Gasteiger partial charge in [-0.25, -0.2) is 9.38 Å². The zero-order valence-electron chi connectivity index (χ0n) is 15.1. The molecule has 1 aliphatic rings. The van der Waals surface area contributed by atoms with E-state index >= 15 is 0 Å². The lowest BCUT2D eigenvalue weighted by Gasteiger charge is -2.20. The second kappa shape index (κ2) is 9.34. The molecule has 1 aliphatic heterocycles. The van der Waals surface area contributed by atoms with Crippen molar-refractivity contribution in [3.05, 3.63) is 71.5 Å². The van der Waals surface area contributed by atoms with Crippen LogP contribution >= 0.6 is 0 Å². The van der Waals surface area contributed by atoms with Gasteiger partial charge < -0.3 is 15.4 Å². The molecular formula is C21H26FN3O. The van der Waals surface area contributed by atoms with E-state index < -0.39 is 0 Å². The van der Waals surface area contributed by atoms with Crippen LogP contribution in [0, 0.1) is 11.7 Å². The van der Waals surface area contributed by atoms with Crippen LogP contribution in [-0.4, -0.2) is 25.7 Å². The molecule has 3 rings (SSSR count). The summed E-state index contributed by atoms with van der Waals surface area (Å²) in [5.74, 6) is 0.865. The van der Waals surface area contributed by atoms with Gasteiger partial charge in [-0.2, -0.15) is 0 Å². The Bertz CT molecular complexity index is 720. The minimum atomic E-state index is -0.222. The fraction of sp³-hybridized carbons (Fsp3) is 0.381. The van der Waals surface area contributed by atoms with Gasteiger partial charge in [-0.05, 0) is 25.0 Å². The molecule has 0 bridgehead atoms. The zero-order chi connectivity index (χ0) is 18.2. The third kappa shape index (κ3) is 4.82. The van der Waals surface area contributed by atoms with Crippen molar-refractivity contribution >= 4 is 5.96 Å². The standard InChI is InChI=1S/C21H26FN3O/c1-2-23-21(24-14-17-10-6-7-11-19(17)22)25-15-18-12-13-26-20(18)16-8-4-3-5-9-16/h3-11,18,20H,2,12-15H2,1H3,(H2,23,24,25). The normalized spacial score (nSPS) is 20.2. The first-order chi connectivity index (χ1) is 12.8. The number of nitrogens with one attached hydrogen (secondary N) is 2. The summed E-state index contributed by atoms with van der Waals surface area (Å²) in [6.07, 6.45) is 1.12. The van der Waals surface area contributed by atoms with Crippen LogP contribution < -0.4 is 10.6 Å². The molecule has 0 saturated carbocycles. The molecule has 5 heteroatoms. The van der Waals surface area contributed by atoms with E-state index in [2.05, 4.69) is 27.8 Å². The first kappa shape index (κ1) is 18.4. The summed E-state index contributed by atoms with van der Waals surface area (Å²) in [6.45, 7) is 4.63. The van der Waals surface area contributed by atoms with E-state index in [0.29, 0.717) is 24.0 Å². The third-order valence-corrected chi connectivity index (χ3v) is 4.58. The topological polar surface area (TPSA) is 45.7 Å². The van der Waals surface area contributed by atoms with Gasteiger partial charge in [0.2, 0.25) is 0 Å². The van der Waals surface area contributed by atoms with E-state index in [0.717, 1.165) is 26.1 Å². The van der Waals surface area contributed by atoms with Crippen molar-refractivity contribution < 1.29 is 9.13 Å². The van der Waals surface area contributed by atoms with E-state index in [1.807, 2.05) is 31.2 Å². The molecule has 2 aromatic rings. The Kier molecular flexibility index (Phi) is 6.61. The second-order valence-electron chi connectivity index (χ2n) is 6.42. The van der Waals surface area contributed by atoms with E-state index in [-0.39, 0.29) is 11.9 Å². The fourth-order valence-corrected chi connectivity index (χ4v) is 3.21. The van der Waals surface area contributed by atoms with Crippen molar-refractivity contribution in [1.82, 2.24) is 10.6 Å². The quantitative estimate of drug-likeness (QED) is 0.614. The highest BCUT2D eigenvalue weighted by atomic mass is 19.1. The lowest BCUT2D eigenvalue weighted by atomic mass is 9.95. The SMILES string of the molecule is CCNC(=NCc1ccccc1F)NCC1CCOC1c1ccccc1. The van der Waals surface area contributed by atoms with Crippen molar-refractivity contribution in [2.45, 2.75) is 26.0 Å². The third-order valence-electron chi connectivity index (χ3n) is 4.58. The van der Waals surface area contributed by atoms with Gasteiger partial charge in [0.15, 0.2) is 5.96 Å². The van der Waals surface area contributed by atoms with Crippen molar-refractivity contribution in [2.75, 3.05) is 19.7 Å². The van der Waals surface area contributed by atoms with E-state index in [4.69, 9.17) is 4.74 Å². The van der Waals surface area contributed by atoms with E-state index in [1.165, 1.54) is 11.6 Å². The Hall–Kier alpha value is -2.40. The van der Waals surface area contributed by atoms with Crippen LogP contribution in [0.25, 0.3) is 0 Å². The highest BCUT2D eigenvalue weighted by Crippen LogP contribution is 2.33. The Labute approximate surface area is 154 Å².